The lowest BCUT2D eigenvalue weighted by atomic mass is 10.3. The first-order valence-electron chi connectivity index (χ1n) is 4.73. The Morgan fingerprint density at radius 3 is 2.62 bits per heavy atom. The number of carbonyl (C=O) groups excluding carboxylic acids is 2. The molecule has 0 aliphatic heterocycles. The van der Waals surface area contributed by atoms with E-state index in [1.54, 1.807) is 19.1 Å². The number of aromatic nitrogens is 1. The number of rotatable bonds is 4. The molecular formula is C10H12BrN3O2. The zero-order valence-corrected chi connectivity index (χ0v) is 10.4. The lowest BCUT2D eigenvalue weighted by Gasteiger charge is -2.18. The van der Waals surface area contributed by atoms with Crippen molar-refractivity contribution in [2.75, 3.05) is 13.1 Å². The average molecular weight is 286 g/mol. The summed E-state index contributed by atoms with van der Waals surface area (Å²) >= 11 is 3.23. The van der Waals surface area contributed by atoms with Crippen LogP contribution >= 0.6 is 15.9 Å². The summed E-state index contributed by atoms with van der Waals surface area (Å²) in [6.07, 6.45) is 1.53. The van der Waals surface area contributed by atoms with Gasteiger partial charge in [-0.1, -0.05) is 0 Å². The quantitative estimate of drug-likeness (QED) is 0.889. The summed E-state index contributed by atoms with van der Waals surface area (Å²) in [6, 6.07) is 3.31. The molecule has 0 spiro atoms. The lowest BCUT2D eigenvalue weighted by Crippen LogP contribution is -2.38. The molecule has 0 atom stereocenters. The van der Waals surface area contributed by atoms with Gasteiger partial charge >= 0.3 is 0 Å². The molecule has 6 heteroatoms. The fourth-order valence-corrected chi connectivity index (χ4v) is 1.41. The molecule has 0 radical (unpaired) electrons. The Kier molecular flexibility index (Phi) is 4.42. The predicted octanol–water partition coefficient (Wildman–Crippen LogP) is 0.791. The summed E-state index contributed by atoms with van der Waals surface area (Å²) in [7, 11) is 0. The van der Waals surface area contributed by atoms with Crippen LogP contribution in [0.15, 0.2) is 22.8 Å². The number of carbonyl (C=O) groups is 2. The zero-order valence-electron chi connectivity index (χ0n) is 8.81. The Labute approximate surface area is 102 Å². The van der Waals surface area contributed by atoms with E-state index in [9.17, 15) is 9.59 Å². The molecule has 0 saturated carbocycles. The second kappa shape index (κ2) is 5.60. The monoisotopic (exact) mass is 285 g/mol. The fourth-order valence-electron chi connectivity index (χ4n) is 1.18. The fraction of sp³-hybridized carbons (Fsp3) is 0.300. The molecule has 0 aromatic carbocycles. The number of halogens is 1. The van der Waals surface area contributed by atoms with Crippen LogP contribution in [0.25, 0.3) is 0 Å². The molecule has 0 aliphatic rings. The highest BCUT2D eigenvalue weighted by Crippen LogP contribution is 2.09. The molecule has 1 heterocycles. The maximum Gasteiger partial charge on any atom is 0.272 e. The number of likely N-dealkylation sites (N-methyl/N-ethyl adjacent to an activating group) is 1. The highest BCUT2D eigenvalue weighted by atomic mass is 79.9. The molecule has 0 fully saturated rings. The smallest absolute Gasteiger partial charge is 0.272 e. The van der Waals surface area contributed by atoms with Crippen molar-refractivity contribution in [1.82, 2.24) is 9.88 Å². The number of nitrogens with zero attached hydrogens (tertiary/aromatic N) is 2. The number of hydrogen-bond acceptors (Lipinski definition) is 3. The highest BCUT2D eigenvalue weighted by molar-refractivity contribution is 9.10. The molecule has 0 unspecified atom stereocenters. The van der Waals surface area contributed by atoms with E-state index in [4.69, 9.17) is 5.73 Å². The van der Waals surface area contributed by atoms with Gasteiger partial charge in [0.1, 0.15) is 5.69 Å². The van der Waals surface area contributed by atoms with Gasteiger partial charge in [0.05, 0.1) is 6.54 Å². The van der Waals surface area contributed by atoms with Gasteiger partial charge in [0.2, 0.25) is 5.91 Å². The Bertz CT molecular complexity index is 392. The topological polar surface area (TPSA) is 76.3 Å². The summed E-state index contributed by atoms with van der Waals surface area (Å²) in [4.78, 5) is 27.9. The second-order valence-electron chi connectivity index (χ2n) is 3.15. The van der Waals surface area contributed by atoms with E-state index in [1.165, 1.54) is 11.1 Å². The Morgan fingerprint density at radius 1 is 1.50 bits per heavy atom. The third kappa shape index (κ3) is 3.30. The van der Waals surface area contributed by atoms with Crippen molar-refractivity contribution >= 4 is 27.7 Å². The van der Waals surface area contributed by atoms with Crippen molar-refractivity contribution in [2.24, 2.45) is 5.73 Å². The Hall–Kier alpha value is -1.43. The SMILES string of the molecule is CCN(CC(N)=O)C(=O)c1ccc(Br)cn1. The maximum atomic E-state index is 11.9. The van der Waals surface area contributed by atoms with E-state index < -0.39 is 5.91 Å². The normalized spacial score (nSPS) is 9.88. The Balaban J connectivity index is 2.82. The number of primary amides is 1. The van der Waals surface area contributed by atoms with Gasteiger partial charge in [0.25, 0.3) is 5.91 Å². The first-order valence-corrected chi connectivity index (χ1v) is 5.53. The average Bonchev–Trinajstić information content (AvgIpc) is 2.25. The standard InChI is InChI=1S/C10H12BrN3O2/c1-2-14(6-9(12)15)10(16)8-4-3-7(11)5-13-8/h3-5H,2,6H2,1H3,(H2,12,15). The van der Waals surface area contributed by atoms with Crippen LogP contribution in [0.2, 0.25) is 0 Å². The van der Waals surface area contributed by atoms with E-state index in [0.29, 0.717) is 12.2 Å². The molecule has 86 valence electrons. The summed E-state index contributed by atoms with van der Waals surface area (Å²) in [5.41, 5.74) is 5.35. The molecule has 0 saturated heterocycles. The van der Waals surface area contributed by atoms with E-state index in [1.807, 2.05) is 0 Å². The number of pyridine rings is 1. The molecule has 2 N–H and O–H groups in total. The molecule has 0 bridgehead atoms. The van der Waals surface area contributed by atoms with Crippen LogP contribution in [0.3, 0.4) is 0 Å². The van der Waals surface area contributed by atoms with Crippen molar-refractivity contribution in [1.29, 1.82) is 0 Å². The molecule has 2 amide bonds. The minimum absolute atomic E-state index is 0.0902. The van der Waals surface area contributed by atoms with Gasteiger partial charge in [0, 0.05) is 17.2 Å². The minimum Gasteiger partial charge on any atom is -0.368 e. The second-order valence-corrected chi connectivity index (χ2v) is 4.06. The third-order valence-electron chi connectivity index (χ3n) is 1.96. The van der Waals surface area contributed by atoms with Crippen LogP contribution in [0.5, 0.6) is 0 Å². The van der Waals surface area contributed by atoms with Gasteiger partial charge in [-0.25, -0.2) is 4.98 Å². The van der Waals surface area contributed by atoms with Gasteiger partial charge in [-0.15, -0.1) is 0 Å². The van der Waals surface area contributed by atoms with Gasteiger partial charge in [-0.3, -0.25) is 9.59 Å². The van der Waals surface area contributed by atoms with Crippen molar-refractivity contribution in [2.45, 2.75) is 6.92 Å². The van der Waals surface area contributed by atoms with Crippen LogP contribution in [0.1, 0.15) is 17.4 Å². The van der Waals surface area contributed by atoms with Crippen LogP contribution in [0.4, 0.5) is 0 Å². The minimum atomic E-state index is -0.535. The molecule has 0 aliphatic carbocycles. The van der Waals surface area contributed by atoms with Crippen molar-refractivity contribution in [3.05, 3.63) is 28.5 Å². The van der Waals surface area contributed by atoms with Gasteiger partial charge in [0.15, 0.2) is 0 Å². The summed E-state index contributed by atoms with van der Waals surface area (Å²) in [5.74, 6) is -0.832. The molecular weight excluding hydrogens is 274 g/mol. The van der Waals surface area contributed by atoms with E-state index in [-0.39, 0.29) is 12.5 Å². The van der Waals surface area contributed by atoms with E-state index in [0.717, 1.165) is 4.47 Å². The number of amides is 2. The number of hydrogen-bond donors (Lipinski definition) is 1. The highest BCUT2D eigenvalue weighted by Gasteiger charge is 2.16. The van der Waals surface area contributed by atoms with Crippen LogP contribution < -0.4 is 5.73 Å². The summed E-state index contributed by atoms with van der Waals surface area (Å²) < 4.78 is 0.794. The predicted molar refractivity (Wildman–Crippen MR) is 62.7 cm³/mol. The molecule has 1 aromatic heterocycles. The van der Waals surface area contributed by atoms with Gasteiger partial charge in [-0.2, -0.15) is 0 Å². The van der Waals surface area contributed by atoms with Gasteiger partial charge < -0.3 is 10.6 Å². The third-order valence-corrected chi connectivity index (χ3v) is 2.43. The molecule has 5 nitrogen and oxygen atoms in total. The first-order chi connectivity index (χ1) is 7.54. The summed E-state index contributed by atoms with van der Waals surface area (Å²) in [6.45, 7) is 2.10. The zero-order chi connectivity index (χ0) is 12.1. The Morgan fingerprint density at radius 2 is 2.19 bits per heavy atom. The van der Waals surface area contributed by atoms with E-state index in [2.05, 4.69) is 20.9 Å². The van der Waals surface area contributed by atoms with Crippen molar-refractivity contribution in [3.63, 3.8) is 0 Å². The lowest BCUT2D eigenvalue weighted by molar-refractivity contribution is -0.118. The summed E-state index contributed by atoms with van der Waals surface area (Å²) in [5, 5.41) is 0. The van der Waals surface area contributed by atoms with Crippen molar-refractivity contribution in [3.8, 4) is 0 Å². The van der Waals surface area contributed by atoms with E-state index >= 15 is 0 Å². The molecule has 16 heavy (non-hydrogen) atoms. The van der Waals surface area contributed by atoms with Gasteiger partial charge in [-0.05, 0) is 35.0 Å². The molecule has 1 aromatic rings. The van der Waals surface area contributed by atoms with Crippen LogP contribution in [0, 0.1) is 0 Å². The van der Waals surface area contributed by atoms with Crippen molar-refractivity contribution < 1.29 is 9.59 Å². The number of nitrogens with two attached hydrogens (primary N) is 1. The van der Waals surface area contributed by atoms with Crippen LogP contribution in [-0.2, 0) is 4.79 Å². The maximum absolute atomic E-state index is 11.9. The van der Waals surface area contributed by atoms with Crippen LogP contribution in [-0.4, -0.2) is 34.8 Å². The largest absolute Gasteiger partial charge is 0.368 e. The first kappa shape index (κ1) is 12.6. The molecule has 1 rings (SSSR count).